The summed E-state index contributed by atoms with van der Waals surface area (Å²) in [5.74, 6) is 2.58. The highest BCUT2D eigenvalue weighted by molar-refractivity contribution is 5.33. The van der Waals surface area contributed by atoms with Gasteiger partial charge in [0.05, 0.1) is 7.11 Å². The van der Waals surface area contributed by atoms with Crippen LogP contribution < -0.4 is 10.1 Å². The zero-order chi connectivity index (χ0) is 11.4. The molecule has 2 nitrogen and oxygen atoms in total. The Hall–Kier alpha value is -1.02. The van der Waals surface area contributed by atoms with Crippen LogP contribution in [0.25, 0.3) is 0 Å². The van der Waals surface area contributed by atoms with E-state index in [1.807, 2.05) is 6.07 Å². The van der Waals surface area contributed by atoms with E-state index in [-0.39, 0.29) is 0 Å². The summed E-state index contributed by atoms with van der Waals surface area (Å²) in [4.78, 5) is 0. The second-order valence-electron chi connectivity index (χ2n) is 4.75. The molecule has 0 saturated carbocycles. The standard InChI is InChI=1S/C14H21NO/c1-11(13-7-8-15-10-13)9-12-5-3-4-6-14(12)16-2/h3-6,11,13,15H,7-10H2,1-2H3. The number of ether oxygens (including phenoxy) is 1. The molecule has 88 valence electrons. The first kappa shape index (κ1) is 11.5. The monoisotopic (exact) mass is 219 g/mol. The number of hydrogen-bond acceptors (Lipinski definition) is 2. The summed E-state index contributed by atoms with van der Waals surface area (Å²) in [6, 6.07) is 8.36. The van der Waals surface area contributed by atoms with Gasteiger partial charge in [-0.1, -0.05) is 25.1 Å². The maximum Gasteiger partial charge on any atom is 0.122 e. The van der Waals surface area contributed by atoms with Gasteiger partial charge in [0.15, 0.2) is 0 Å². The van der Waals surface area contributed by atoms with E-state index in [0.717, 1.165) is 24.0 Å². The molecule has 1 fully saturated rings. The molecule has 1 N–H and O–H groups in total. The Morgan fingerprint density at radius 1 is 1.44 bits per heavy atom. The van der Waals surface area contributed by atoms with Crippen LogP contribution in [0.15, 0.2) is 24.3 Å². The van der Waals surface area contributed by atoms with Gasteiger partial charge in [0.2, 0.25) is 0 Å². The maximum atomic E-state index is 5.39. The van der Waals surface area contributed by atoms with E-state index in [1.54, 1.807) is 7.11 Å². The van der Waals surface area contributed by atoms with Crippen molar-refractivity contribution in [1.29, 1.82) is 0 Å². The maximum absolute atomic E-state index is 5.39. The van der Waals surface area contributed by atoms with Gasteiger partial charge >= 0.3 is 0 Å². The number of hydrogen-bond donors (Lipinski definition) is 1. The Balaban J connectivity index is 2.01. The van der Waals surface area contributed by atoms with Gasteiger partial charge in [0.25, 0.3) is 0 Å². The quantitative estimate of drug-likeness (QED) is 0.840. The first-order chi connectivity index (χ1) is 7.81. The van der Waals surface area contributed by atoms with Crippen LogP contribution in [0.3, 0.4) is 0 Å². The smallest absolute Gasteiger partial charge is 0.122 e. The van der Waals surface area contributed by atoms with Crippen molar-refractivity contribution in [3.05, 3.63) is 29.8 Å². The molecule has 1 aromatic carbocycles. The molecule has 0 bridgehead atoms. The minimum Gasteiger partial charge on any atom is -0.496 e. The van der Waals surface area contributed by atoms with Crippen molar-refractivity contribution in [3.63, 3.8) is 0 Å². The Labute approximate surface area is 98.0 Å². The molecule has 0 aliphatic carbocycles. The van der Waals surface area contributed by atoms with Crippen molar-refractivity contribution in [3.8, 4) is 5.75 Å². The molecule has 2 heteroatoms. The molecule has 0 amide bonds. The third-order valence-electron chi connectivity index (χ3n) is 3.64. The number of nitrogens with one attached hydrogen (secondary N) is 1. The lowest BCUT2D eigenvalue weighted by Crippen LogP contribution is -2.17. The van der Waals surface area contributed by atoms with E-state index in [1.165, 1.54) is 25.1 Å². The van der Waals surface area contributed by atoms with Gasteiger partial charge in [-0.3, -0.25) is 0 Å². The molecule has 16 heavy (non-hydrogen) atoms. The Bertz CT molecular complexity index is 331. The molecule has 0 aromatic heterocycles. The SMILES string of the molecule is COc1ccccc1CC(C)C1CCNC1. The zero-order valence-corrected chi connectivity index (χ0v) is 10.2. The molecule has 1 heterocycles. The first-order valence-corrected chi connectivity index (χ1v) is 6.14. The van der Waals surface area contributed by atoms with Gasteiger partial charge in [0.1, 0.15) is 5.75 Å². The van der Waals surface area contributed by atoms with Gasteiger partial charge in [-0.25, -0.2) is 0 Å². The van der Waals surface area contributed by atoms with Crippen LogP contribution in [0.1, 0.15) is 18.9 Å². The summed E-state index contributed by atoms with van der Waals surface area (Å²) in [7, 11) is 1.75. The van der Waals surface area contributed by atoms with E-state index in [4.69, 9.17) is 4.74 Å². The molecule has 1 saturated heterocycles. The second-order valence-corrected chi connectivity index (χ2v) is 4.75. The fraction of sp³-hybridized carbons (Fsp3) is 0.571. The number of rotatable bonds is 4. The fourth-order valence-electron chi connectivity index (χ4n) is 2.55. The molecular formula is C14H21NO. The molecule has 1 aliphatic heterocycles. The van der Waals surface area contributed by atoms with Crippen LogP contribution in [0, 0.1) is 11.8 Å². The van der Waals surface area contributed by atoms with Crippen LogP contribution in [0.2, 0.25) is 0 Å². The highest BCUT2D eigenvalue weighted by Gasteiger charge is 2.22. The Morgan fingerprint density at radius 2 is 2.25 bits per heavy atom. The number of benzene rings is 1. The van der Waals surface area contributed by atoms with Crippen molar-refractivity contribution in [2.24, 2.45) is 11.8 Å². The highest BCUT2D eigenvalue weighted by atomic mass is 16.5. The number of methoxy groups -OCH3 is 1. The predicted octanol–water partition coefficient (Wildman–Crippen LogP) is 2.48. The zero-order valence-electron chi connectivity index (χ0n) is 10.2. The molecular weight excluding hydrogens is 198 g/mol. The molecule has 2 atom stereocenters. The van der Waals surface area contributed by atoms with Crippen molar-refractivity contribution in [1.82, 2.24) is 5.32 Å². The fourth-order valence-corrected chi connectivity index (χ4v) is 2.55. The van der Waals surface area contributed by atoms with Crippen LogP contribution in [-0.4, -0.2) is 20.2 Å². The van der Waals surface area contributed by atoms with E-state index >= 15 is 0 Å². The van der Waals surface area contributed by atoms with Crippen molar-refractivity contribution < 1.29 is 4.74 Å². The molecule has 1 aromatic rings. The van der Waals surface area contributed by atoms with Gasteiger partial charge in [-0.2, -0.15) is 0 Å². The van der Waals surface area contributed by atoms with Crippen molar-refractivity contribution >= 4 is 0 Å². The Morgan fingerprint density at radius 3 is 2.94 bits per heavy atom. The van der Waals surface area contributed by atoms with E-state index < -0.39 is 0 Å². The van der Waals surface area contributed by atoms with E-state index in [0.29, 0.717) is 0 Å². The molecule has 0 spiro atoms. The van der Waals surface area contributed by atoms with Crippen LogP contribution in [0.4, 0.5) is 0 Å². The van der Waals surface area contributed by atoms with Crippen molar-refractivity contribution in [2.45, 2.75) is 19.8 Å². The highest BCUT2D eigenvalue weighted by Crippen LogP contribution is 2.26. The lowest BCUT2D eigenvalue weighted by molar-refractivity contribution is 0.369. The third kappa shape index (κ3) is 2.56. The minimum absolute atomic E-state index is 0.728. The average molecular weight is 219 g/mol. The van der Waals surface area contributed by atoms with Crippen LogP contribution in [0.5, 0.6) is 5.75 Å². The second kappa shape index (κ2) is 5.35. The molecule has 1 aliphatic rings. The summed E-state index contributed by atoms with van der Waals surface area (Å²) in [6.07, 6.45) is 2.44. The van der Waals surface area contributed by atoms with Gasteiger partial charge in [-0.15, -0.1) is 0 Å². The van der Waals surface area contributed by atoms with Crippen LogP contribution >= 0.6 is 0 Å². The summed E-state index contributed by atoms with van der Waals surface area (Å²) in [6.45, 7) is 4.71. The average Bonchev–Trinajstić information content (AvgIpc) is 2.83. The lowest BCUT2D eigenvalue weighted by Gasteiger charge is -2.19. The topological polar surface area (TPSA) is 21.3 Å². The van der Waals surface area contributed by atoms with E-state index in [2.05, 4.69) is 30.4 Å². The van der Waals surface area contributed by atoms with Gasteiger partial charge < -0.3 is 10.1 Å². The van der Waals surface area contributed by atoms with Crippen LogP contribution in [-0.2, 0) is 6.42 Å². The van der Waals surface area contributed by atoms with Gasteiger partial charge in [0, 0.05) is 0 Å². The minimum atomic E-state index is 0.728. The van der Waals surface area contributed by atoms with Crippen molar-refractivity contribution in [2.75, 3.05) is 20.2 Å². The lowest BCUT2D eigenvalue weighted by atomic mass is 9.87. The summed E-state index contributed by atoms with van der Waals surface area (Å²) < 4.78 is 5.39. The predicted molar refractivity (Wildman–Crippen MR) is 66.8 cm³/mol. The summed E-state index contributed by atoms with van der Waals surface area (Å²) in [5, 5.41) is 3.44. The van der Waals surface area contributed by atoms with Gasteiger partial charge in [-0.05, 0) is 49.4 Å². The Kier molecular flexibility index (Phi) is 3.83. The largest absolute Gasteiger partial charge is 0.496 e. The summed E-state index contributed by atoms with van der Waals surface area (Å²) >= 11 is 0. The third-order valence-corrected chi connectivity index (χ3v) is 3.64. The van der Waals surface area contributed by atoms with E-state index in [9.17, 15) is 0 Å². The normalized spacial score (nSPS) is 22.0. The summed E-state index contributed by atoms with van der Waals surface area (Å²) in [5.41, 5.74) is 1.34. The molecule has 0 radical (unpaired) electrons. The molecule has 2 unspecified atom stereocenters. The number of para-hydroxylation sites is 1. The molecule has 2 rings (SSSR count). The first-order valence-electron chi connectivity index (χ1n) is 6.14.